The number of ether oxygens (including phenoxy) is 1. The predicted octanol–water partition coefficient (Wildman–Crippen LogP) is 0.874. The number of hydrogen-bond acceptors (Lipinski definition) is 4. The van der Waals surface area contributed by atoms with Crippen LogP contribution in [0, 0.1) is 0 Å². The molecule has 1 aromatic rings. The largest absolute Gasteiger partial charge is 0.485 e. The van der Waals surface area contributed by atoms with Crippen LogP contribution in [0.1, 0.15) is 25.5 Å². The Morgan fingerprint density at radius 2 is 2.27 bits per heavy atom. The molecule has 0 radical (unpaired) electrons. The third-order valence-corrected chi connectivity index (χ3v) is 2.86. The summed E-state index contributed by atoms with van der Waals surface area (Å²) in [6, 6.07) is 1.70. The highest BCUT2D eigenvalue weighted by molar-refractivity contribution is 5.37. The molecule has 15 heavy (non-hydrogen) atoms. The van der Waals surface area contributed by atoms with Crippen LogP contribution in [0.3, 0.4) is 0 Å². The Balaban J connectivity index is 2.48. The Hall–Kier alpha value is -1.13. The third-order valence-electron chi connectivity index (χ3n) is 2.86. The van der Waals surface area contributed by atoms with E-state index >= 15 is 0 Å². The number of nitrogens with one attached hydrogen (secondary N) is 1. The van der Waals surface area contributed by atoms with Crippen molar-refractivity contribution in [1.29, 1.82) is 0 Å². The highest BCUT2D eigenvalue weighted by atomic mass is 16.5. The second-order valence-corrected chi connectivity index (χ2v) is 4.33. The van der Waals surface area contributed by atoms with E-state index in [2.05, 4.69) is 10.3 Å². The van der Waals surface area contributed by atoms with Crippen LogP contribution in [0.4, 0.5) is 0 Å². The first-order chi connectivity index (χ1) is 7.06. The average Bonchev–Trinajstić information content (AvgIpc) is 2.19. The molecule has 2 atom stereocenters. The van der Waals surface area contributed by atoms with Gasteiger partial charge in [-0.05, 0) is 27.0 Å². The smallest absolute Gasteiger partial charge is 0.131 e. The molecule has 82 valence electrons. The van der Waals surface area contributed by atoms with Crippen molar-refractivity contribution in [2.75, 3.05) is 7.05 Å². The van der Waals surface area contributed by atoms with Gasteiger partial charge in [0.25, 0.3) is 0 Å². The first kappa shape index (κ1) is 10.4. The van der Waals surface area contributed by atoms with Crippen molar-refractivity contribution in [3.63, 3.8) is 0 Å². The van der Waals surface area contributed by atoms with Crippen molar-refractivity contribution in [3.8, 4) is 5.75 Å². The van der Waals surface area contributed by atoms with Gasteiger partial charge in [-0.2, -0.15) is 0 Å². The molecule has 0 aromatic carbocycles. The number of hydrogen-bond donors (Lipinski definition) is 2. The normalized spacial score (nSPS) is 28.0. The van der Waals surface area contributed by atoms with Gasteiger partial charge in [-0.3, -0.25) is 4.98 Å². The molecule has 2 N–H and O–H groups in total. The number of aliphatic hydroxyl groups excluding tert-OH is 1. The molecule has 0 unspecified atom stereocenters. The second kappa shape index (κ2) is 3.47. The van der Waals surface area contributed by atoms with Crippen molar-refractivity contribution < 1.29 is 9.84 Å². The van der Waals surface area contributed by atoms with Gasteiger partial charge in [-0.25, -0.2) is 0 Å². The van der Waals surface area contributed by atoms with Crippen LogP contribution in [0.25, 0.3) is 0 Å². The molecule has 0 amide bonds. The van der Waals surface area contributed by atoms with Gasteiger partial charge < -0.3 is 15.2 Å². The van der Waals surface area contributed by atoms with E-state index in [-0.39, 0.29) is 6.04 Å². The standard InChI is InChI=1S/C11H16N2O2/c1-11(2)10(14)9(12-3)7-6-13-5-4-8(7)15-11/h4-6,9-10,12,14H,1-3H3/t9-,10+/m1/s1. The summed E-state index contributed by atoms with van der Waals surface area (Å²) >= 11 is 0. The highest BCUT2D eigenvalue weighted by Crippen LogP contribution is 2.38. The first-order valence-corrected chi connectivity index (χ1v) is 5.04. The second-order valence-electron chi connectivity index (χ2n) is 4.33. The van der Waals surface area contributed by atoms with E-state index < -0.39 is 11.7 Å². The Bertz CT molecular complexity index is 365. The number of aliphatic hydroxyl groups is 1. The van der Waals surface area contributed by atoms with Crippen LogP contribution in [0.2, 0.25) is 0 Å². The molecule has 4 heteroatoms. The van der Waals surface area contributed by atoms with Gasteiger partial charge in [-0.1, -0.05) is 0 Å². The van der Waals surface area contributed by atoms with E-state index in [1.54, 1.807) is 12.4 Å². The zero-order valence-corrected chi connectivity index (χ0v) is 9.19. The fraction of sp³-hybridized carbons (Fsp3) is 0.545. The molecular weight excluding hydrogens is 192 g/mol. The SMILES string of the molecule is CN[C@@H]1c2cnccc2OC(C)(C)[C@H]1O. The molecule has 1 aliphatic heterocycles. The Morgan fingerprint density at radius 3 is 2.93 bits per heavy atom. The maximum Gasteiger partial charge on any atom is 0.131 e. The van der Waals surface area contributed by atoms with Gasteiger partial charge in [0.1, 0.15) is 17.5 Å². The molecule has 0 aliphatic carbocycles. The van der Waals surface area contributed by atoms with Gasteiger partial charge in [0, 0.05) is 18.0 Å². The van der Waals surface area contributed by atoms with Gasteiger partial charge >= 0.3 is 0 Å². The molecule has 0 spiro atoms. The highest BCUT2D eigenvalue weighted by Gasteiger charge is 2.42. The molecule has 0 bridgehead atoms. The molecule has 1 aliphatic rings. The van der Waals surface area contributed by atoms with Crippen molar-refractivity contribution in [2.24, 2.45) is 0 Å². The zero-order chi connectivity index (χ0) is 11.1. The lowest BCUT2D eigenvalue weighted by Gasteiger charge is -2.41. The van der Waals surface area contributed by atoms with Crippen LogP contribution in [0.15, 0.2) is 18.5 Å². The minimum Gasteiger partial charge on any atom is -0.485 e. The van der Waals surface area contributed by atoms with Crippen LogP contribution in [-0.2, 0) is 0 Å². The molecule has 0 saturated carbocycles. The van der Waals surface area contributed by atoms with Crippen LogP contribution < -0.4 is 10.1 Å². The summed E-state index contributed by atoms with van der Waals surface area (Å²) in [6.07, 6.45) is 2.84. The predicted molar refractivity (Wildman–Crippen MR) is 56.8 cm³/mol. The molecular formula is C11H16N2O2. The quantitative estimate of drug-likeness (QED) is 0.719. The molecule has 2 rings (SSSR count). The summed E-state index contributed by atoms with van der Waals surface area (Å²) < 4.78 is 5.73. The van der Waals surface area contributed by atoms with Crippen molar-refractivity contribution in [2.45, 2.75) is 31.6 Å². The van der Waals surface area contributed by atoms with E-state index in [1.807, 2.05) is 27.0 Å². The van der Waals surface area contributed by atoms with E-state index in [1.165, 1.54) is 0 Å². The van der Waals surface area contributed by atoms with Crippen LogP contribution in [-0.4, -0.2) is 28.8 Å². The summed E-state index contributed by atoms with van der Waals surface area (Å²) in [5.41, 5.74) is 0.328. The molecule has 0 saturated heterocycles. The van der Waals surface area contributed by atoms with Gasteiger partial charge in [0.15, 0.2) is 0 Å². The van der Waals surface area contributed by atoms with Crippen molar-refractivity contribution in [3.05, 3.63) is 24.0 Å². The Kier molecular flexibility index (Phi) is 2.40. The average molecular weight is 208 g/mol. The Labute approximate surface area is 89.3 Å². The lowest BCUT2D eigenvalue weighted by atomic mass is 9.87. The van der Waals surface area contributed by atoms with Gasteiger partial charge in [0.2, 0.25) is 0 Å². The first-order valence-electron chi connectivity index (χ1n) is 5.04. The van der Waals surface area contributed by atoms with Crippen LogP contribution >= 0.6 is 0 Å². The van der Waals surface area contributed by atoms with Crippen molar-refractivity contribution in [1.82, 2.24) is 10.3 Å². The third kappa shape index (κ3) is 1.60. The van der Waals surface area contributed by atoms with E-state index in [9.17, 15) is 5.11 Å². The minimum absolute atomic E-state index is 0.127. The van der Waals surface area contributed by atoms with E-state index in [0.29, 0.717) is 0 Å². The fourth-order valence-corrected chi connectivity index (χ4v) is 1.95. The summed E-state index contributed by atoms with van der Waals surface area (Å²) in [7, 11) is 1.83. The lowest BCUT2D eigenvalue weighted by Crippen LogP contribution is -2.52. The number of aromatic nitrogens is 1. The number of fused-ring (bicyclic) bond motifs is 1. The number of rotatable bonds is 1. The summed E-state index contributed by atoms with van der Waals surface area (Å²) in [4.78, 5) is 4.05. The van der Waals surface area contributed by atoms with Crippen LogP contribution in [0.5, 0.6) is 5.75 Å². The minimum atomic E-state index is -0.584. The van der Waals surface area contributed by atoms with E-state index in [0.717, 1.165) is 11.3 Å². The Morgan fingerprint density at radius 1 is 1.53 bits per heavy atom. The summed E-state index contributed by atoms with van der Waals surface area (Å²) in [6.45, 7) is 3.76. The lowest BCUT2D eigenvalue weighted by molar-refractivity contribution is -0.0633. The fourth-order valence-electron chi connectivity index (χ4n) is 1.95. The number of nitrogens with zero attached hydrogens (tertiary/aromatic N) is 1. The monoisotopic (exact) mass is 208 g/mol. The summed E-state index contributed by atoms with van der Waals surface area (Å²) in [5.74, 6) is 0.791. The summed E-state index contributed by atoms with van der Waals surface area (Å²) in [5, 5.41) is 13.2. The maximum atomic E-state index is 10.1. The van der Waals surface area contributed by atoms with Gasteiger partial charge in [0.05, 0.1) is 6.04 Å². The molecule has 0 fully saturated rings. The molecule has 1 aromatic heterocycles. The molecule has 4 nitrogen and oxygen atoms in total. The van der Waals surface area contributed by atoms with E-state index in [4.69, 9.17) is 4.74 Å². The zero-order valence-electron chi connectivity index (χ0n) is 9.19. The maximum absolute atomic E-state index is 10.1. The van der Waals surface area contributed by atoms with Crippen molar-refractivity contribution >= 4 is 0 Å². The number of likely N-dealkylation sites (N-methyl/N-ethyl adjacent to an activating group) is 1. The number of pyridine rings is 1. The topological polar surface area (TPSA) is 54.4 Å². The molecule has 2 heterocycles. The van der Waals surface area contributed by atoms with Gasteiger partial charge in [-0.15, -0.1) is 0 Å².